The number of nitrogens with two attached hydrogens (primary N) is 2. The number of nitrogens with zero attached hydrogens (tertiary/aromatic N) is 2. The Kier molecular flexibility index (Phi) is 6.17. The third kappa shape index (κ3) is 4.84. The number of primary amides is 1. The number of nitrogens with one attached hydrogen (secondary N) is 1. The molecule has 2 rings (SSSR count). The Bertz CT molecular complexity index is 1020. The minimum absolute atomic E-state index is 0.112. The molecule has 0 aliphatic carbocycles. The number of carbonyl (C=O) groups excluding carboxylic acids is 2. The zero-order chi connectivity index (χ0) is 23.8. The van der Waals surface area contributed by atoms with Gasteiger partial charge in [0.05, 0.1) is 11.9 Å². The maximum absolute atomic E-state index is 13.3. The van der Waals surface area contributed by atoms with Gasteiger partial charge in [0.2, 0.25) is 0 Å². The number of carbonyl (C=O) groups is 2. The van der Waals surface area contributed by atoms with E-state index in [2.05, 4.69) is 9.97 Å². The van der Waals surface area contributed by atoms with Crippen molar-refractivity contribution < 1.29 is 41.0 Å². The monoisotopic (exact) mass is 451 g/mol. The molecule has 1 aromatic heterocycles. The van der Waals surface area contributed by atoms with Crippen LogP contribution in [0.2, 0.25) is 0 Å². The predicted octanol–water partition coefficient (Wildman–Crippen LogP) is 1.56. The lowest BCUT2D eigenvalue weighted by Gasteiger charge is -2.28. The van der Waals surface area contributed by atoms with Gasteiger partial charge in [0.15, 0.2) is 11.5 Å². The molecule has 168 valence electrons. The molecule has 2 amide bonds. The van der Waals surface area contributed by atoms with E-state index in [4.69, 9.17) is 11.5 Å². The third-order valence-electron chi connectivity index (χ3n) is 4.16. The van der Waals surface area contributed by atoms with Gasteiger partial charge < -0.3 is 21.9 Å². The molecule has 1 heterocycles. The minimum Gasteiger partial charge on any atom is -0.382 e. The molecule has 1 atom stereocenters. The van der Waals surface area contributed by atoms with Crippen LogP contribution in [0.1, 0.15) is 21.6 Å². The Balaban J connectivity index is 2.56. The average molecular weight is 451 g/mol. The van der Waals surface area contributed by atoms with Gasteiger partial charge in [-0.05, 0) is 18.6 Å². The van der Waals surface area contributed by atoms with Crippen molar-refractivity contribution in [1.29, 1.82) is 0 Å². The van der Waals surface area contributed by atoms with Crippen LogP contribution >= 0.6 is 0 Å². The van der Waals surface area contributed by atoms with Gasteiger partial charge in [0.1, 0.15) is 6.54 Å². The van der Waals surface area contributed by atoms with Gasteiger partial charge in [-0.1, -0.05) is 12.1 Å². The summed E-state index contributed by atoms with van der Waals surface area (Å²) in [6, 6.07) is 2.69. The van der Waals surface area contributed by atoms with E-state index in [9.17, 15) is 41.0 Å². The first-order valence-corrected chi connectivity index (χ1v) is 8.26. The lowest BCUT2D eigenvalue weighted by atomic mass is 9.89. The SMILES string of the molecule is Cc1ccc(C(O)(C(N)=O)C(F)(F)F)cc1-c1cnc(N)c(C(=O)NCC(F)(F)F)n1. The van der Waals surface area contributed by atoms with Crippen molar-refractivity contribution in [2.45, 2.75) is 24.9 Å². The molecule has 6 N–H and O–H groups in total. The van der Waals surface area contributed by atoms with Gasteiger partial charge in [0.25, 0.3) is 17.4 Å². The molecule has 0 aliphatic heterocycles. The van der Waals surface area contributed by atoms with Crippen LogP contribution in [0.25, 0.3) is 11.3 Å². The van der Waals surface area contributed by atoms with Crippen LogP contribution in [0.3, 0.4) is 0 Å². The molecule has 8 nitrogen and oxygen atoms in total. The van der Waals surface area contributed by atoms with E-state index in [0.717, 1.165) is 24.4 Å². The average Bonchev–Trinajstić information content (AvgIpc) is 2.64. The first kappa shape index (κ1) is 23.9. The number of aromatic nitrogens is 2. The van der Waals surface area contributed by atoms with Crippen molar-refractivity contribution in [3.63, 3.8) is 0 Å². The van der Waals surface area contributed by atoms with Crippen LogP contribution in [0.4, 0.5) is 32.2 Å². The Morgan fingerprint density at radius 3 is 2.29 bits per heavy atom. The summed E-state index contributed by atoms with van der Waals surface area (Å²) in [5.41, 5.74) is 4.50. The molecule has 0 radical (unpaired) electrons. The van der Waals surface area contributed by atoms with Gasteiger partial charge in [-0.25, -0.2) is 9.97 Å². The highest BCUT2D eigenvalue weighted by Crippen LogP contribution is 2.40. The highest BCUT2D eigenvalue weighted by Gasteiger charge is 2.60. The van der Waals surface area contributed by atoms with E-state index in [1.807, 2.05) is 0 Å². The molecular formula is C17H15F6N5O3. The molecule has 0 bridgehead atoms. The number of aryl methyl sites for hydroxylation is 1. The molecule has 0 aliphatic rings. The standard InChI is InChI=1S/C17H15F6N5O3/c1-7-2-3-8(16(31,14(25)30)17(21,22)23)4-9(7)10-5-26-12(24)11(28-10)13(29)27-6-15(18,19)20/h2-5,31H,6H2,1H3,(H2,24,26)(H2,25,30)(H,27,29). The van der Waals surface area contributed by atoms with Crippen molar-refractivity contribution in [1.82, 2.24) is 15.3 Å². The Morgan fingerprint density at radius 1 is 1.16 bits per heavy atom. The topological polar surface area (TPSA) is 144 Å². The zero-order valence-electron chi connectivity index (χ0n) is 15.6. The Morgan fingerprint density at radius 2 is 1.77 bits per heavy atom. The number of anilines is 1. The molecule has 2 aromatic rings. The normalized spacial score (nSPS) is 14.1. The molecule has 0 saturated heterocycles. The summed E-state index contributed by atoms with van der Waals surface area (Å²) in [4.78, 5) is 30.8. The highest BCUT2D eigenvalue weighted by molar-refractivity contribution is 5.97. The van der Waals surface area contributed by atoms with Crippen LogP contribution in [-0.2, 0) is 10.4 Å². The number of halogens is 6. The van der Waals surface area contributed by atoms with E-state index >= 15 is 0 Å². The smallest absolute Gasteiger partial charge is 0.382 e. The molecule has 0 fully saturated rings. The summed E-state index contributed by atoms with van der Waals surface area (Å²) in [6.07, 6.45) is -9.21. The number of aliphatic hydroxyl groups is 1. The zero-order valence-corrected chi connectivity index (χ0v) is 15.6. The van der Waals surface area contributed by atoms with E-state index in [0.29, 0.717) is 0 Å². The van der Waals surface area contributed by atoms with Crippen molar-refractivity contribution in [2.24, 2.45) is 5.73 Å². The molecular weight excluding hydrogens is 436 g/mol. The fraction of sp³-hybridized carbons (Fsp3) is 0.294. The molecule has 1 unspecified atom stereocenters. The van der Waals surface area contributed by atoms with Crippen LogP contribution in [-0.4, -0.2) is 45.8 Å². The number of amides is 2. The maximum Gasteiger partial charge on any atom is 0.430 e. The molecule has 31 heavy (non-hydrogen) atoms. The number of hydrogen-bond donors (Lipinski definition) is 4. The highest BCUT2D eigenvalue weighted by atomic mass is 19.4. The van der Waals surface area contributed by atoms with Gasteiger partial charge in [-0.3, -0.25) is 9.59 Å². The second-order valence-electron chi connectivity index (χ2n) is 6.39. The van der Waals surface area contributed by atoms with Gasteiger partial charge >= 0.3 is 12.4 Å². The van der Waals surface area contributed by atoms with E-state index in [1.54, 1.807) is 5.32 Å². The second kappa shape index (κ2) is 8.02. The minimum atomic E-state index is -5.46. The Hall–Kier alpha value is -3.42. The van der Waals surface area contributed by atoms with Crippen LogP contribution in [0.5, 0.6) is 0 Å². The Labute approximate surface area is 170 Å². The van der Waals surface area contributed by atoms with E-state index in [-0.39, 0.29) is 16.8 Å². The maximum atomic E-state index is 13.3. The molecule has 0 saturated carbocycles. The van der Waals surface area contributed by atoms with Crippen molar-refractivity contribution >= 4 is 17.6 Å². The number of hydrogen-bond acceptors (Lipinski definition) is 6. The number of benzene rings is 1. The molecule has 14 heteroatoms. The first-order valence-electron chi connectivity index (χ1n) is 8.26. The summed E-state index contributed by atoms with van der Waals surface area (Å²) in [5.74, 6) is -3.92. The van der Waals surface area contributed by atoms with E-state index < -0.39 is 53.4 Å². The van der Waals surface area contributed by atoms with Gasteiger partial charge in [-0.15, -0.1) is 0 Å². The number of rotatable bonds is 5. The van der Waals surface area contributed by atoms with E-state index in [1.165, 1.54) is 6.92 Å². The summed E-state index contributed by atoms with van der Waals surface area (Å²) < 4.78 is 77.0. The van der Waals surface area contributed by atoms with Crippen LogP contribution in [0, 0.1) is 6.92 Å². The predicted molar refractivity (Wildman–Crippen MR) is 94.2 cm³/mol. The largest absolute Gasteiger partial charge is 0.430 e. The number of alkyl halides is 6. The lowest BCUT2D eigenvalue weighted by Crippen LogP contribution is -2.52. The van der Waals surface area contributed by atoms with Crippen molar-refractivity contribution in [3.05, 3.63) is 41.2 Å². The third-order valence-corrected chi connectivity index (χ3v) is 4.16. The second-order valence-corrected chi connectivity index (χ2v) is 6.39. The summed E-state index contributed by atoms with van der Waals surface area (Å²) in [7, 11) is 0. The molecule has 0 spiro atoms. The summed E-state index contributed by atoms with van der Waals surface area (Å²) in [5, 5.41) is 11.5. The molecule has 1 aromatic carbocycles. The number of nitrogen functional groups attached to an aromatic ring is 1. The van der Waals surface area contributed by atoms with Gasteiger partial charge in [-0.2, -0.15) is 26.3 Å². The first-order chi connectivity index (χ1) is 14.1. The van der Waals surface area contributed by atoms with Crippen LogP contribution in [0.15, 0.2) is 24.4 Å². The quantitative estimate of drug-likeness (QED) is 0.508. The summed E-state index contributed by atoms with van der Waals surface area (Å²) >= 11 is 0. The van der Waals surface area contributed by atoms with Crippen LogP contribution < -0.4 is 16.8 Å². The van der Waals surface area contributed by atoms with Gasteiger partial charge in [0, 0.05) is 11.1 Å². The summed E-state index contributed by atoms with van der Waals surface area (Å²) in [6.45, 7) is -0.250. The fourth-order valence-corrected chi connectivity index (χ4v) is 2.53. The lowest BCUT2D eigenvalue weighted by molar-refractivity contribution is -0.255. The fourth-order valence-electron chi connectivity index (χ4n) is 2.53. The van der Waals surface area contributed by atoms with Crippen molar-refractivity contribution in [2.75, 3.05) is 12.3 Å². The van der Waals surface area contributed by atoms with Crippen molar-refractivity contribution in [3.8, 4) is 11.3 Å².